The van der Waals surface area contributed by atoms with Crippen LogP contribution in [0.4, 0.5) is 4.79 Å². The summed E-state index contributed by atoms with van der Waals surface area (Å²) in [6.45, 7) is 8.04. The second-order valence-corrected chi connectivity index (χ2v) is 8.02. The van der Waals surface area contributed by atoms with Crippen LogP contribution in [0.5, 0.6) is 0 Å². The van der Waals surface area contributed by atoms with Crippen LogP contribution in [0.3, 0.4) is 0 Å². The van der Waals surface area contributed by atoms with E-state index in [1.807, 2.05) is 20.8 Å². The number of carbonyl (C=O) groups excluding carboxylic acids is 1. The van der Waals surface area contributed by atoms with Crippen LogP contribution in [-0.2, 0) is 24.2 Å². The number of ether oxygens (including phenoxy) is 1. The van der Waals surface area contributed by atoms with Gasteiger partial charge in [-0.05, 0) is 62.1 Å². The highest BCUT2D eigenvalue weighted by atomic mass is 127. The van der Waals surface area contributed by atoms with Crippen LogP contribution >= 0.6 is 22.6 Å². The lowest BCUT2D eigenvalue weighted by Crippen LogP contribution is -2.39. The van der Waals surface area contributed by atoms with E-state index in [9.17, 15) is 4.79 Å². The van der Waals surface area contributed by atoms with Gasteiger partial charge < -0.3 is 9.64 Å². The number of fused-ring (bicyclic) bond motifs is 1. The molecule has 0 aromatic carbocycles. The van der Waals surface area contributed by atoms with Crippen molar-refractivity contribution in [2.45, 2.75) is 58.7 Å². The molecule has 0 bridgehead atoms. The SMILES string of the molecule is CC(C)(C)OC(=O)N1CCc2nn(CC3CC3)c(I)c2C1. The van der Waals surface area contributed by atoms with Crippen molar-refractivity contribution >= 4 is 28.7 Å². The Balaban J connectivity index is 1.72. The number of aromatic nitrogens is 2. The number of hydrogen-bond acceptors (Lipinski definition) is 3. The molecular weight excluding hydrogens is 381 g/mol. The maximum absolute atomic E-state index is 12.2. The van der Waals surface area contributed by atoms with E-state index in [4.69, 9.17) is 9.84 Å². The minimum atomic E-state index is -0.444. The van der Waals surface area contributed by atoms with Crippen LogP contribution < -0.4 is 0 Å². The lowest BCUT2D eigenvalue weighted by molar-refractivity contribution is 0.0223. The molecule has 2 aliphatic rings. The summed E-state index contributed by atoms with van der Waals surface area (Å²) in [5.41, 5.74) is 1.91. The van der Waals surface area contributed by atoms with Crippen LogP contribution in [0.2, 0.25) is 0 Å². The van der Waals surface area contributed by atoms with Crippen LogP contribution in [0.15, 0.2) is 0 Å². The fourth-order valence-electron chi connectivity index (χ4n) is 2.54. The van der Waals surface area contributed by atoms with Crippen molar-refractivity contribution in [3.8, 4) is 0 Å². The van der Waals surface area contributed by atoms with Crippen LogP contribution in [0.25, 0.3) is 0 Å². The van der Waals surface area contributed by atoms with Crippen molar-refractivity contribution in [2.24, 2.45) is 5.92 Å². The molecule has 1 aromatic heterocycles. The largest absolute Gasteiger partial charge is 0.444 e. The number of amides is 1. The van der Waals surface area contributed by atoms with Gasteiger partial charge in [-0.25, -0.2) is 4.79 Å². The molecule has 1 amide bonds. The molecule has 1 aromatic rings. The van der Waals surface area contributed by atoms with E-state index >= 15 is 0 Å². The molecule has 1 saturated carbocycles. The summed E-state index contributed by atoms with van der Waals surface area (Å²) in [7, 11) is 0. The maximum Gasteiger partial charge on any atom is 0.410 e. The average molecular weight is 403 g/mol. The van der Waals surface area contributed by atoms with Crippen molar-refractivity contribution in [2.75, 3.05) is 6.54 Å². The normalized spacial score (nSPS) is 18.6. The molecule has 2 heterocycles. The van der Waals surface area contributed by atoms with E-state index in [1.165, 1.54) is 22.1 Å². The third-order valence-corrected chi connectivity index (χ3v) is 5.02. The van der Waals surface area contributed by atoms with Crippen molar-refractivity contribution in [1.82, 2.24) is 14.7 Å². The number of hydrogen-bond donors (Lipinski definition) is 0. The lowest BCUT2D eigenvalue weighted by Gasteiger charge is -2.29. The minimum Gasteiger partial charge on any atom is -0.444 e. The second kappa shape index (κ2) is 5.44. The molecule has 3 rings (SSSR count). The lowest BCUT2D eigenvalue weighted by atomic mass is 10.1. The Morgan fingerprint density at radius 1 is 1.43 bits per heavy atom. The summed E-state index contributed by atoms with van der Waals surface area (Å²) < 4.78 is 8.78. The first-order valence-corrected chi connectivity index (χ1v) is 8.63. The molecule has 6 heteroatoms. The van der Waals surface area contributed by atoms with Crippen molar-refractivity contribution in [3.63, 3.8) is 0 Å². The van der Waals surface area contributed by atoms with Gasteiger partial charge in [0.15, 0.2) is 0 Å². The van der Waals surface area contributed by atoms with E-state index in [1.54, 1.807) is 4.90 Å². The van der Waals surface area contributed by atoms with Gasteiger partial charge in [-0.2, -0.15) is 5.10 Å². The summed E-state index contributed by atoms with van der Waals surface area (Å²) in [5, 5.41) is 4.73. The smallest absolute Gasteiger partial charge is 0.410 e. The zero-order chi connectivity index (χ0) is 15.2. The van der Waals surface area contributed by atoms with E-state index < -0.39 is 5.60 Å². The molecule has 0 spiro atoms. The van der Waals surface area contributed by atoms with E-state index in [-0.39, 0.29) is 6.09 Å². The molecule has 1 aliphatic carbocycles. The van der Waals surface area contributed by atoms with Gasteiger partial charge in [-0.3, -0.25) is 4.68 Å². The summed E-state index contributed by atoms with van der Waals surface area (Å²) >= 11 is 2.36. The first-order chi connectivity index (χ1) is 9.83. The second-order valence-electron chi connectivity index (χ2n) is 6.99. The highest BCUT2D eigenvalue weighted by molar-refractivity contribution is 14.1. The number of halogens is 1. The molecule has 0 N–H and O–H groups in total. The first kappa shape index (κ1) is 15.1. The molecule has 0 radical (unpaired) electrons. The summed E-state index contributed by atoms with van der Waals surface area (Å²) in [6, 6.07) is 0. The summed E-state index contributed by atoms with van der Waals surface area (Å²) in [6.07, 6.45) is 3.25. The molecule has 0 unspecified atom stereocenters. The standard InChI is InChI=1S/C15H22IN3O2/c1-15(2,3)21-14(20)18-7-6-12-11(9-18)13(16)19(17-12)8-10-4-5-10/h10H,4-9H2,1-3H3. The van der Waals surface area contributed by atoms with Gasteiger partial charge in [0.1, 0.15) is 9.30 Å². The van der Waals surface area contributed by atoms with Gasteiger partial charge in [0.05, 0.1) is 12.2 Å². The van der Waals surface area contributed by atoms with Gasteiger partial charge >= 0.3 is 6.09 Å². The minimum absolute atomic E-state index is 0.223. The molecule has 1 fully saturated rings. The predicted molar refractivity (Wildman–Crippen MR) is 88.0 cm³/mol. The quantitative estimate of drug-likeness (QED) is 0.713. The Labute approximate surface area is 139 Å². The number of carbonyl (C=O) groups is 1. The molecule has 0 atom stereocenters. The highest BCUT2D eigenvalue weighted by Gasteiger charge is 2.30. The molecule has 116 valence electrons. The van der Waals surface area contributed by atoms with E-state index in [2.05, 4.69) is 27.3 Å². The van der Waals surface area contributed by atoms with Crippen LogP contribution in [0.1, 0.15) is 44.9 Å². The number of nitrogens with zero attached hydrogens (tertiary/aromatic N) is 3. The fourth-order valence-corrected chi connectivity index (χ4v) is 3.33. The van der Waals surface area contributed by atoms with Crippen LogP contribution in [0, 0.1) is 9.62 Å². The summed E-state index contributed by atoms with van der Waals surface area (Å²) in [5.74, 6) is 0.807. The topological polar surface area (TPSA) is 47.4 Å². The Hall–Kier alpha value is -0.790. The van der Waals surface area contributed by atoms with Gasteiger partial charge in [-0.1, -0.05) is 0 Å². The zero-order valence-electron chi connectivity index (χ0n) is 12.9. The molecule has 1 aliphatic heterocycles. The van der Waals surface area contributed by atoms with E-state index in [0.29, 0.717) is 13.1 Å². The molecule has 5 nitrogen and oxygen atoms in total. The highest BCUT2D eigenvalue weighted by Crippen LogP contribution is 2.32. The first-order valence-electron chi connectivity index (χ1n) is 7.55. The Bertz CT molecular complexity index is 558. The number of rotatable bonds is 2. The molecular formula is C15H22IN3O2. The molecule has 21 heavy (non-hydrogen) atoms. The van der Waals surface area contributed by atoms with Crippen molar-refractivity contribution < 1.29 is 9.53 Å². The monoisotopic (exact) mass is 403 g/mol. The average Bonchev–Trinajstić information content (AvgIpc) is 3.14. The van der Waals surface area contributed by atoms with Gasteiger partial charge in [0.2, 0.25) is 0 Å². The Morgan fingerprint density at radius 2 is 2.14 bits per heavy atom. The van der Waals surface area contributed by atoms with Crippen molar-refractivity contribution in [1.29, 1.82) is 0 Å². The predicted octanol–water partition coefficient (Wildman–Crippen LogP) is 3.19. The van der Waals surface area contributed by atoms with E-state index in [0.717, 1.165) is 24.6 Å². The van der Waals surface area contributed by atoms with Crippen molar-refractivity contribution in [3.05, 3.63) is 15.0 Å². The van der Waals surface area contributed by atoms with Gasteiger partial charge in [0.25, 0.3) is 0 Å². The third-order valence-electron chi connectivity index (χ3n) is 3.81. The summed E-state index contributed by atoms with van der Waals surface area (Å²) in [4.78, 5) is 14.0. The third kappa shape index (κ3) is 3.52. The Kier molecular flexibility index (Phi) is 3.92. The zero-order valence-corrected chi connectivity index (χ0v) is 15.0. The molecule has 0 saturated heterocycles. The van der Waals surface area contributed by atoms with Gasteiger partial charge in [-0.15, -0.1) is 0 Å². The Morgan fingerprint density at radius 3 is 2.76 bits per heavy atom. The van der Waals surface area contributed by atoms with Gasteiger partial charge in [0, 0.05) is 25.1 Å². The van der Waals surface area contributed by atoms with Crippen LogP contribution in [-0.4, -0.2) is 32.9 Å². The fraction of sp³-hybridized carbons (Fsp3) is 0.733. The maximum atomic E-state index is 12.2.